The normalized spacial score (nSPS) is 15.6. The van der Waals surface area contributed by atoms with Gasteiger partial charge in [-0.05, 0) is 54.2 Å². The molecule has 5 nitrogen and oxygen atoms in total. The van der Waals surface area contributed by atoms with Crippen molar-refractivity contribution in [1.82, 2.24) is 4.98 Å². The number of ether oxygens (including phenoxy) is 1. The molecule has 1 atom stereocenters. The minimum Gasteiger partial charge on any atom is -0.493 e. The number of anilines is 1. The van der Waals surface area contributed by atoms with Gasteiger partial charge in [-0.2, -0.15) is 0 Å². The molecule has 0 aliphatic heterocycles. The highest BCUT2D eigenvalue weighted by Gasteiger charge is 2.21. The van der Waals surface area contributed by atoms with Crippen molar-refractivity contribution < 1.29 is 14.9 Å². The number of fused-ring (bicyclic) bond motifs is 1. The first-order chi connectivity index (χ1) is 14.7. The van der Waals surface area contributed by atoms with Crippen molar-refractivity contribution in [3.8, 4) is 5.75 Å². The molecule has 2 aromatic carbocycles. The van der Waals surface area contributed by atoms with Crippen LogP contribution in [0.3, 0.4) is 0 Å². The lowest BCUT2D eigenvalue weighted by atomic mass is 9.82. The minimum absolute atomic E-state index is 0.371. The van der Waals surface area contributed by atoms with Gasteiger partial charge in [0.25, 0.3) is 0 Å². The predicted octanol–water partition coefficient (Wildman–Crippen LogP) is 4.22. The summed E-state index contributed by atoms with van der Waals surface area (Å²) in [6, 6.07) is 18.4. The van der Waals surface area contributed by atoms with Crippen LogP contribution >= 0.6 is 0 Å². The Morgan fingerprint density at radius 3 is 2.80 bits per heavy atom. The predicted molar refractivity (Wildman–Crippen MR) is 118 cm³/mol. The second kappa shape index (κ2) is 9.74. The van der Waals surface area contributed by atoms with Crippen LogP contribution in [0, 0.1) is 0 Å². The maximum atomic E-state index is 9.55. The molecule has 0 amide bonds. The van der Waals surface area contributed by atoms with Gasteiger partial charge in [-0.1, -0.05) is 36.4 Å². The van der Waals surface area contributed by atoms with Crippen LogP contribution in [0.2, 0.25) is 0 Å². The minimum atomic E-state index is -1.51. The van der Waals surface area contributed by atoms with Crippen LogP contribution in [0.15, 0.2) is 67.0 Å². The van der Waals surface area contributed by atoms with Gasteiger partial charge in [-0.25, -0.2) is 0 Å². The Kier molecular flexibility index (Phi) is 6.62. The van der Waals surface area contributed by atoms with Gasteiger partial charge < -0.3 is 20.3 Å². The first-order valence-corrected chi connectivity index (χ1v) is 10.5. The quantitative estimate of drug-likeness (QED) is 0.490. The second-order valence-electron chi connectivity index (χ2n) is 7.75. The van der Waals surface area contributed by atoms with Crippen LogP contribution in [-0.4, -0.2) is 28.3 Å². The van der Waals surface area contributed by atoms with Gasteiger partial charge >= 0.3 is 0 Å². The van der Waals surface area contributed by atoms with Crippen molar-refractivity contribution in [3.63, 3.8) is 0 Å². The molecule has 5 heteroatoms. The van der Waals surface area contributed by atoms with Crippen LogP contribution < -0.4 is 10.1 Å². The standard InChI is InChI=1S/C25H28N2O3/c28-25(29)23-11-13-26-17-24(23)27-16-20-8-4-7-19-15-21(9-10-22(19)20)30-14-12-18-5-2-1-3-6-18/h1-3,5-6,9-11,13,15,17,20,25,27-29H,4,7-8,12,14,16H2. The summed E-state index contributed by atoms with van der Waals surface area (Å²) >= 11 is 0. The summed E-state index contributed by atoms with van der Waals surface area (Å²) in [7, 11) is 0. The van der Waals surface area contributed by atoms with Gasteiger partial charge in [-0.15, -0.1) is 0 Å². The van der Waals surface area contributed by atoms with Crippen LogP contribution in [0.5, 0.6) is 5.75 Å². The van der Waals surface area contributed by atoms with Gasteiger partial charge in [0.15, 0.2) is 6.29 Å². The summed E-state index contributed by atoms with van der Waals surface area (Å²) in [5, 5.41) is 22.5. The Labute approximate surface area is 177 Å². The van der Waals surface area contributed by atoms with Crippen molar-refractivity contribution >= 4 is 5.69 Å². The Morgan fingerprint density at radius 1 is 1.10 bits per heavy atom. The van der Waals surface area contributed by atoms with Crippen LogP contribution in [0.4, 0.5) is 5.69 Å². The van der Waals surface area contributed by atoms with E-state index in [1.807, 2.05) is 6.07 Å². The number of aromatic nitrogens is 1. The molecule has 30 heavy (non-hydrogen) atoms. The molecule has 156 valence electrons. The molecular formula is C25H28N2O3. The summed E-state index contributed by atoms with van der Waals surface area (Å²) in [6.45, 7) is 1.40. The number of aliphatic hydroxyl groups excluding tert-OH is 1. The molecule has 0 radical (unpaired) electrons. The number of hydrogen-bond acceptors (Lipinski definition) is 5. The Hall–Kier alpha value is -2.89. The van der Waals surface area contributed by atoms with E-state index in [1.165, 1.54) is 16.7 Å². The van der Waals surface area contributed by atoms with E-state index in [1.54, 1.807) is 18.5 Å². The molecule has 1 unspecified atom stereocenters. The lowest BCUT2D eigenvalue weighted by Gasteiger charge is -2.27. The summed E-state index contributed by atoms with van der Waals surface area (Å²) in [5.41, 5.74) is 5.09. The van der Waals surface area contributed by atoms with Gasteiger partial charge in [0, 0.05) is 30.6 Å². The molecule has 4 rings (SSSR count). The Bertz CT molecular complexity index is 960. The van der Waals surface area contributed by atoms with Crippen molar-refractivity contribution in [1.29, 1.82) is 0 Å². The van der Waals surface area contributed by atoms with E-state index in [4.69, 9.17) is 4.74 Å². The van der Waals surface area contributed by atoms with Gasteiger partial charge in [0.2, 0.25) is 0 Å². The molecule has 0 fully saturated rings. The monoisotopic (exact) mass is 404 g/mol. The maximum absolute atomic E-state index is 9.55. The van der Waals surface area contributed by atoms with E-state index < -0.39 is 6.29 Å². The van der Waals surface area contributed by atoms with Crippen LogP contribution in [0.25, 0.3) is 0 Å². The number of hydrogen-bond donors (Lipinski definition) is 3. The maximum Gasteiger partial charge on any atom is 0.180 e. The molecule has 0 saturated heterocycles. The number of pyridine rings is 1. The van der Waals surface area contributed by atoms with E-state index in [0.29, 0.717) is 23.8 Å². The number of nitrogens with zero attached hydrogens (tertiary/aromatic N) is 1. The molecule has 3 aromatic rings. The molecule has 3 N–H and O–H groups in total. The Morgan fingerprint density at radius 2 is 1.97 bits per heavy atom. The lowest BCUT2D eigenvalue weighted by Crippen LogP contribution is -2.19. The van der Waals surface area contributed by atoms with Gasteiger partial charge in [-0.3, -0.25) is 4.98 Å². The van der Waals surface area contributed by atoms with Crippen molar-refractivity contribution in [2.24, 2.45) is 0 Å². The number of aliphatic hydroxyl groups is 2. The first kappa shape index (κ1) is 20.4. The van der Waals surface area contributed by atoms with Crippen LogP contribution in [-0.2, 0) is 12.8 Å². The highest BCUT2D eigenvalue weighted by atomic mass is 16.5. The third-order valence-electron chi connectivity index (χ3n) is 5.73. The zero-order valence-electron chi connectivity index (χ0n) is 17.0. The number of nitrogens with one attached hydrogen (secondary N) is 1. The van der Waals surface area contributed by atoms with Crippen LogP contribution in [0.1, 0.15) is 47.3 Å². The molecule has 1 heterocycles. The molecule has 1 aliphatic rings. The highest BCUT2D eigenvalue weighted by Crippen LogP contribution is 2.34. The molecule has 0 saturated carbocycles. The van der Waals surface area contributed by atoms with Crippen molar-refractivity contribution in [3.05, 3.63) is 89.2 Å². The van der Waals surface area contributed by atoms with E-state index in [9.17, 15) is 10.2 Å². The largest absolute Gasteiger partial charge is 0.493 e. The zero-order valence-corrected chi connectivity index (χ0v) is 17.0. The number of benzene rings is 2. The smallest absolute Gasteiger partial charge is 0.180 e. The summed E-state index contributed by atoms with van der Waals surface area (Å²) in [4.78, 5) is 4.10. The second-order valence-corrected chi connectivity index (χ2v) is 7.75. The average molecular weight is 405 g/mol. The molecule has 1 aliphatic carbocycles. The summed E-state index contributed by atoms with van der Waals surface area (Å²) in [6.07, 6.45) is 5.90. The average Bonchev–Trinajstić information content (AvgIpc) is 2.78. The van der Waals surface area contributed by atoms with E-state index in [0.717, 1.165) is 38.0 Å². The molecule has 0 spiro atoms. The number of aryl methyl sites for hydroxylation is 1. The van der Waals surface area contributed by atoms with E-state index in [2.05, 4.69) is 52.8 Å². The molecule has 1 aromatic heterocycles. The van der Waals surface area contributed by atoms with E-state index >= 15 is 0 Å². The molecular weight excluding hydrogens is 376 g/mol. The fraction of sp³-hybridized carbons (Fsp3) is 0.320. The topological polar surface area (TPSA) is 74.6 Å². The fourth-order valence-electron chi connectivity index (χ4n) is 4.14. The fourth-order valence-corrected chi connectivity index (χ4v) is 4.14. The third kappa shape index (κ3) is 4.99. The summed E-state index contributed by atoms with van der Waals surface area (Å²) < 4.78 is 6.00. The zero-order chi connectivity index (χ0) is 20.8. The first-order valence-electron chi connectivity index (χ1n) is 10.5. The molecule has 0 bridgehead atoms. The van der Waals surface area contributed by atoms with Crippen molar-refractivity contribution in [2.45, 2.75) is 37.9 Å². The SMILES string of the molecule is OC(O)c1ccncc1NCC1CCCc2cc(OCCc3ccccc3)ccc21. The van der Waals surface area contributed by atoms with E-state index in [-0.39, 0.29) is 0 Å². The van der Waals surface area contributed by atoms with Gasteiger partial charge in [0.05, 0.1) is 18.5 Å². The highest BCUT2D eigenvalue weighted by molar-refractivity contribution is 5.50. The summed E-state index contributed by atoms with van der Waals surface area (Å²) in [5.74, 6) is 1.30. The van der Waals surface area contributed by atoms with Crippen molar-refractivity contribution in [2.75, 3.05) is 18.5 Å². The number of rotatable bonds is 8. The Balaban J connectivity index is 1.38. The lowest BCUT2D eigenvalue weighted by molar-refractivity contribution is -0.0419. The third-order valence-corrected chi connectivity index (χ3v) is 5.73. The van der Waals surface area contributed by atoms with Gasteiger partial charge in [0.1, 0.15) is 5.75 Å².